The molecule has 4 heteroatoms. The van der Waals surface area contributed by atoms with Gasteiger partial charge in [-0.2, -0.15) is 0 Å². The van der Waals surface area contributed by atoms with Crippen molar-refractivity contribution in [1.29, 1.82) is 0 Å². The number of pyridine rings is 1. The number of hydrogen-bond acceptors (Lipinski definition) is 3. The molecule has 0 fully saturated rings. The van der Waals surface area contributed by atoms with Gasteiger partial charge in [0.1, 0.15) is 12.4 Å². The number of nitrogens with zero attached hydrogens (tertiary/aromatic N) is 1. The van der Waals surface area contributed by atoms with E-state index >= 15 is 0 Å². The molecule has 0 amide bonds. The second-order valence-electron chi connectivity index (χ2n) is 3.26. The van der Waals surface area contributed by atoms with Gasteiger partial charge < -0.3 is 10.1 Å². The molecule has 1 aromatic heterocycles. The van der Waals surface area contributed by atoms with Gasteiger partial charge in [0.25, 0.3) is 0 Å². The first-order valence-electron chi connectivity index (χ1n) is 4.74. The van der Waals surface area contributed by atoms with Crippen LogP contribution in [0.1, 0.15) is 12.6 Å². The van der Waals surface area contributed by atoms with Gasteiger partial charge in [0.05, 0.1) is 11.9 Å². The lowest BCUT2D eigenvalue weighted by Crippen LogP contribution is -2.06. The van der Waals surface area contributed by atoms with Crippen molar-refractivity contribution in [2.45, 2.75) is 13.5 Å². The van der Waals surface area contributed by atoms with Crippen molar-refractivity contribution in [3.8, 4) is 5.75 Å². The Balaban J connectivity index is 2.49. The zero-order valence-corrected chi connectivity index (χ0v) is 9.71. The molecule has 0 bridgehead atoms. The van der Waals surface area contributed by atoms with Crippen molar-refractivity contribution in [2.75, 3.05) is 13.7 Å². The highest BCUT2D eigenvalue weighted by molar-refractivity contribution is 6.25. The minimum Gasteiger partial charge on any atom is -0.488 e. The van der Waals surface area contributed by atoms with Crippen LogP contribution in [0.15, 0.2) is 29.4 Å². The average molecular weight is 227 g/mol. The van der Waals surface area contributed by atoms with Crippen molar-refractivity contribution < 1.29 is 4.74 Å². The van der Waals surface area contributed by atoms with Crippen molar-refractivity contribution in [2.24, 2.45) is 0 Å². The Hall–Kier alpha value is -1.06. The zero-order valence-electron chi connectivity index (χ0n) is 8.96. The van der Waals surface area contributed by atoms with E-state index in [0.29, 0.717) is 6.61 Å². The van der Waals surface area contributed by atoms with Crippen LogP contribution >= 0.6 is 11.6 Å². The normalized spacial score (nSPS) is 11.5. The molecular formula is C11H15ClN2O. The molecule has 15 heavy (non-hydrogen) atoms. The summed E-state index contributed by atoms with van der Waals surface area (Å²) >= 11 is 5.52. The van der Waals surface area contributed by atoms with Crippen LogP contribution in [0.3, 0.4) is 0 Å². The van der Waals surface area contributed by atoms with Crippen molar-refractivity contribution in [3.05, 3.63) is 35.1 Å². The van der Waals surface area contributed by atoms with E-state index in [9.17, 15) is 0 Å². The van der Waals surface area contributed by atoms with Gasteiger partial charge in [-0.05, 0) is 31.7 Å². The first-order valence-corrected chi connectivity index (χ1v) is 5.18. The van der Waals surface area contributed by atoms with Gasteiger partial charge in [-0.1, -0.05) is 11.6 Å². The maximum atomic E-state index is 5.52. The third kappa shape index (κ3) is 4.32. The summed E-state index contributed by atoms with van der Waals surface area (Å²) < 4.78 is 5.46. The molecule has 0 saturated heterocycles. The van der Waals surface area contributed by atoms with E-state index in [4.69, 9.17) is 16.3 Å². The number of nitrogens with one attached hydrogen (secondary N) is 1. The quantitative estimate of drug-likeness (QED) is 0.837. The summed E-state index contributed by atoms with van der Waals surface area (Å²) in [5.74, 6) is 0.757. The molecule has 0 aromatic carbocycles. The molecule has 1 N–H and O–H groups in total. The molecule has 0 saturated carbocycles. The molecule has 0 aliphatic carbocycles. The summed E-state index contributed by atoms with van der Waals surface area (Å²) in [5.41, 5.74) is 3.49. The van der Waals surface area contributed by atoms with E-state index < -0.39 is 0 Å². The van der Waals surface area contributed by atoms with E-state index in [1.54, 1.807) is 6.20 Å². The highest BCUT2D eigenvalue weighted by Gasteiger charge is 1.96. The lowest BCUT2D eigenvalue weighted by atomic mass is 10.3. The monoisotopic (exact) mass is 226 g/mol. The highest BCUT2D eigenvalue weighted by Crippen LogP contribution is 2.10. The highest BCUT2D eigenvalue weighted by atomic mass is 35.5. The molecule has 3 nitrogen and oxygen atoms in total. The van der Waals surface area contributed by atoms with Crippen molar-refractivity contribution in [1.82, 2.24) is 10.3 Å². The number of aromatic nitrogens is 1. The van der Waals surface area contributed by atoms with Gasteiger partial charge in [-0.3, -0.25) is 4.98 Å². The Labute approximate surface area is 95.1 Å². The molecular weight excluding hydrogens is 212 g/mol. The van der Waals surface area contributed by atoms with Crippen LogP contribution in [0.25, 0.3) is 0 Å². The molecule has 0 unspecified atom stereocenters. The summed E-state index contributed by atoms with van der Waals surface area (Å²) in [5, 5.41) is 3.03. The van der Waals surface area contributed by atoms with Gasteiger partial charge in [-0.15, -0.1) is 0 Å². The van der Waals surface area contributed by atoms with Crippen LogP contribution < -0.4 is 10.1 Å². The Morgan fingerprint density at radius 2 is 2.40 bits per heavy atom. The smallest absolute Gasteiger partial charge is 0.138 e. The minimum absolute atomic E-state index is 0.497. The largest absolute Gasteiger partial charge is 0.488 e. The fourth-order valence-electron chi connectivity index (χ4n) is 1.01. The molecule has 82 valence electrons. The summed E-state index contributed by atoms with van der Waals surface area (Å²) in [7, 11) is 1.89. The average Bonchev–Trinajstić information content (AvgIpc) is 2.28. The Morgan fingerprint density at radius 3 is 2.93 bits per heavy atom. The van der Waals surface area contributed by atoms with Crippen molar-refractivity contribution in [3.63, 3.8) is 0 Å². The third-order valence-corrected chi connectivity index (χ3v) is 2.18. The third-order valence-electron chi connectivity index (χ3n) is 1.81. The number of hydrogen-bond donors (Lipinski definition) is 1. The Morgan fingerprint density at radius 1 is 1.60 bits per heavy atom. The summed E-state index contributed by atoms with van der Waals surface area (Å²) in [6.45, 7) is 3.17. The van der Waals surface area contributed by atoms with Crippen LogP contribution in [-0.2, 0) is 6.54 Å². The number of halogens is 1. The second kappa shape index (κ2) is 6.43. The van der Waals surface area contributed by atoms with E-state index in [0.717, 1.165) is 23.6 Å². The van der Waals surface area contributed by atoms with Crippen LogP contribution in [0, 0.1) is 0 Å². The van der Waals surface area contributed by atoms with Crippen LogP contribution in [-0.4, -0.2) is 18.6 Å². The van der Waals surface area contributed by atoms with Gasteiger partial charge in [0, 0.05) is 12.1 Å². The molecule has 0 radical (unpaired) electrons. The maximum absolute atomic E-state index is 5.52. The molecule has 0 spiro atoms. The zero-order chi connectivity index (χ0) is 11.1. The molecule has 1 rings (SSSR count). The van der Waals surface area contributed by atoms with Crippen LogP contribution in [0.2, 0.25) is 0 Å². The Kier molecular flexibility index (Phi) is 5.15. The van der Waals surface area contributed by atoms with Gasteiger partial charge in [0.15, 0.2) is 0 Å². The second-order valence-corrected chi connectivity index (χ2v) is 3.48. The molecule has 0 atom stereocenters. The summed E-state index contributed by atoms with van der Waals surface area (Å²) in [6, 6.07) is 3.84. The lowest BCUT2D eigenvalue weighted by molar-refractivity contribution is 0.350. The number of rotatable bonds is 5. The molecule has 0 aliphatic heterocycles. The summed E-state index contributed by atoms with van der Waals surface area (Å²) in [4.78, 5) is 4.23. The predicted octanol–water partition coefficient (Wildman–Crippen LogP) is 2.32. The van der Waals surface area contributed by atoms with E-state index in [1.807, 2.05) is 26.1 Å². The van der Waals surface area contributed by atoms with Gasteiger partial charge >= 0.3 is 0 Å². The molecule has 1 aromatic rings. The van der Waals surface area contributed by atoms with E-state index in [2.05, 4.69) is 10.3 Å². The lowest BCUT2D eigenvalue weighted by Gasteiger charge is -2.06. The topological polar surface area (TPSA) is 34.1 Å². The first-order chi connectivity index (χ1) is 7.26. The standard InChI is InChI=1S/C11H15ClN2O/c1-9(5-12)8-15-11-4-3-10(6-13-2)14-7-11/h3-5,7,13H,6,8H2,1-2H3/b9-5+. The fourth-order valence-corrected chi connectivity index (χ4v) is 1.07. The minimum atomic E-state index is 0.497. The van der Waals surface area contributed by atoms with Crippen molar-refractivity contribution >= 4 is 11.6 Å². The molecule has 1 heterocycles. The summed E-state index contributed by atoms with van der Waals surface area (Å²) in [6.07, 6.45) is 1.72. The SMILES string of the molecule is CNCc1ccc(OC/C(C)=C/Cl)cn1. The first kappa shape index (κ1) is 12.0. The predicted molar refractivity (Wildman–Crippen MR) is 62.1 cm³/mol. The maximum Gasteiger partial charge on any atom is 0.138 e. The van der Waals surface area contributed by atoms with Gasteiger partial charge in [0.2, 0.25) is 0 Å². The van der Waals surface area contributed by atoms with E-state index in [1.165, 1.54) is 5.54 Å². The van der Waals surface area contributed by atoms with Gasteiger partial charge in [-0.25, -0.2) is 0 Å². The van der Waals surface area contributed by atoms with Crippen LogP contribution in [0.4, 0.5) is 0 Å². The van der Waals surface area contributed by atoms with Crippen LogP contribution in [0.5, 0.6) is 5.75 Å². The Bertz CT molecular complexity index is 322. The number of ether oxygens (including phenoxy) is 1. The molecule has 0 aliphatic rings. The fraction of sp³-hybridized carbons (Fsp3) is 0.364. The van der Waals surface area contributed by atoms with E-state index in [-0.39, 0.29) is 0 Å².